The molecule has 7 aromatic carbocycles. The van der Waals surface area contributed by atoms with E-state index < -0.39 is 0 Å². The Bertz CT molecular complexity index is 2590. The van der Waals surface area contributed by atoms with E-state index in [1.165, 1.54) is 47.1 Å². The molecule has 0 aliphatic carbocycles. The summed E-state index contributed by atoms with van der Waals surface area (Å²) in [5.41, 5.74) is 9.93. The van der Waals surface area contributed by atoms with Crippen LogP contribution < -0.4 is 16.4 Å². The maximum Gasteiger partial charge on any atom is 0.247 e. The van der Waals surface area contributed by atoms with E-state index in [2.05, 4.69) is 102 Å². The van der Waals surface area contributed by atoms with E-state index in [-0.39, 0.29) is 53.3 Å². The predicted molar refractivity (Wildman–Crippen MR) is 216 cm³/mol. The van der Waals surface area contributed by atoms with E-state index in [0.29, 0.717) is 5.56 Å². The van der Waals surface area contributed by atoms with Gasteiger partial charge in [-0.25, -0.2) is 0 Å². The van der Waals surface area contributed by atoms with Gasteiger partial charge in [-0.2, -0.15) is 0 Å². The SMILES string of the molecule is [2H]c1c([2H])c([2H])c(-c2c3ccccc3c(-c3cc4c5c(c3)Sc3ccc(C(C)(C)C)cc3B5c3cc(C(C)(C)C)ccc3S4)c3ccccc23)c([2H])c1[2H]. The molecule has 2 aliphatic rings. The molecule has 2 aliphatic heterocycles. The molecule has 2 heterocycles. The first-order valence-electron chi connectivity index (χ1n) is 19.5. The summed E-state index contributed by atoms with van der Waals surface area (Å²) in [5, 5.41) is 3.67. The Kier molecular flexibility index (Phi) is 5.87. The third kappa shape index (κ3) is 5.00. The van der Waals surface area contributed by atoms with Gasteiger partial charge in [-0.1, -0.05) is 179 Å². The zero-order valence-electron chi connectivity index (χ0n) is 33.6. The Labute approximate surface area is 306 Å². The van der Waals surface area contributed by atoms with Gasteiger partial charge in [-0.05, 0) is 95.5 Å². The normalized spacial score (nSPS) is 15.1. The van der Waals surface area contributed by atoms with E-state index in [1.807, 2.05) is 59.9 Å². The molecule has 0 nitrogen and oxygen atoms in total. The van der Waals surface area contributed by atoms with Crippen molar-refractivity contribution in [2.24, 2.45) is 0 Å². The van der Waals surface area contributed by atoms with Gasteiger partial charge in [0.25, 0.3) is 0 Å². The van der Waals surface area contributed by atoms with Gasteiger partial charge < -0.3 is 0 Å². The second kappa shape index (κ2) is 11.2. The minimum atomic E-state index is -0.386. The van der Waals surface area contributed by atoms with Crippen molar-refractivity contribution in [3.8, 4) is 22.3 Å². The van der Waals surface area contributed by atoms with Crippen molar-refractivity contribution in [1.29, 1.82) is 0 Å². The van der Waals surface area contributed by atoms with E-state index in [0.717, 1.165) is 32.7 Å². The fraction of sp³-hybridized carbons (Fsp3) is 0.174. The summed E-state index contributed by atoms with van der Waals surface area (Å²) in [6.45, 7) is 13.8. The fourth-order valence-corrected chi connectivity index (χ4v) is 10.1. The van der Waals surface area contributed by atoms with Crippen molar-refractivity contribution < 1.29 is 6.85 Å². The predicted octanol–water partition coefficient (Wildman–Crippen LogP) is 11.4. The minimum absolute atomic E-state index is 0.0234. The Morgan fingerprint density at radius 1 is 0.490 bits per heavy atom. The van der Waals surface area contributed by atoms with Crippen LogP contribution in [0.4, 0.5) is 0 Å². The van der Waals surface area contributed by atoms with Gasteiger partial charge in [-0.3, -0.25) is 0 Å². The Morgan fingerprint density at radius 2 is 0.918 bits per heavy atom. The summed E-state index contributed by atoms with van der Waals surface area (Å²) in [5.74, 6) is 0. The van der Waals surface area contributed by atoms with Gasteiger partial charge in [0, 0.05) is 19.6 Å². The van der Waals surface area contributed by atoms with Gasteiger partial charge >= 0.3 is 0 Å². The smallest absolute Gasteiger partial charge is 0.0911 e. The highest BCUT2D eigenvalue weighted by molar-refractivity contribution is 8.01. The van der Waals surface area contributed by atoms with Crippen LogP contribution in [0.15, 0.2) is 147 Å². The summed E-state index contributed by atoms with van der Waals surface area (Å²) >= 11 is 3.72. The summed E-state index contributed by atoms with van der Waals surface area (Å²) < 4.78 is 43.2. The molecule has 9 rings (SSSR count). The molecule has 0 radical (unpaired) electrons. The first-order chi connectivity index (χ1) is 25.6. The molecule has 0 unspecified atom stereocenters. The highest BCUT2D eigenvalue weighted by Gasteiger charge is 2.39. The van der Waals surface area contributed by atoms with Gasteiger partial charge in [0.15, 0.2) is 0 Å². The number of hydrogen-bond donors (Lipinski definition) is 0. The van der Waals surface area contributed by atoms with E-state index in [1.54, 1.807) is 0 Å². The number of rotatable bonds is 2. The highest BCUT2D eigenvalue weighted by atomic mass is 32.2. The highest BCUT2D eigenvalue weighted by Crippen LogP contribution is 2.47. The third-order valence-electron chi connectivity index (χ3n) is 10.2. The molecule has 0 saturated heterocycles. The largest absolute Gasteiger partial charge is 0.247 e. The van der Waals surface area contributed by atoms with Crippen LogP contribution in [0, 0.1) is 0 Å². The Hall–Kier alpha value is -4.18. The van der Waals surface area contributed by atoms with Crippen molar-refractivity contribution in [2.45, 2.75) is 72.0 Å². The molecule has 0 atom stereocenters. The lowest BCUT2D eigenvalue weighted by Crippen LogP contribution is -2.58. The zero-order chi connectivity index (χ0) is 38.0. The Morgan fingerprint density at radius 3 is 1.35 bits per heavy atom. The molecule has 0 fully saturated rings. The van der Waals surface area contributed by atoms with Crippen molar-refractivity contribution in [3.05, 3.63) is 138 Å². The molecular formula is C46H39BS2. The molecule has 0 bridgehead atoms. The molecule has 3 heteroatoms. The van der Waals surface area contributed by atoms with E-state index in [9.17, 15) is 0 Å². The molecule has 0 N–H and O–H groups in total. The molecule has 0 aromatic heterocycles. The van der Waals surface area contributed by atoms with Crippen molar-refractivity contribution in [1.82, 2.24) is 0 Å². The van der Waals surface area contributed by atoms with Crippen LogP contribution in [0.1, 0.15) is 59.5 Å². The monoisotopic (exact) mass is 671 g/mol. The summed E-state index contributed by atoms with van der Waals surface area (Å²) in [6, 6.07) is 33.7. The molecule has 0 saturated carbocycles. The van der Waals surface area contributed by atoms with Crippen molar-refractivity contribution in [2.75, 3.05) is 0 Å². The van der Waals surface area contributed by atoms with Gasteiger partial charge in [-0.15, -0.1) is 0 Å². The van der Waals surface area contributed by atoms with Gasteiger partial charge in [0.05, 0.1) is 6.85 Å². The average molecular weight is 672 g/mol. The molecule has 7 aromatic rings. The maximum absolute atomic E-state index is 8.96. The van der Waals surface area contributed by atoms with Gasteiger partial charge in [0.1, 0.15) is 0 Å². The molecule has 0 amide bonds. The van der Waals surface area contributed by atoms with Crippen LogP contribution in [0.2, 0.25) is 0 Å². The molecule has 0 spiro atoms. The first-order valence-corrected chi connectivity index (χ1v) is 18.6. The fourth-order valence-electron chi connectivity index (χ4n) is 7.67. The van der Waals surface area contributed by atoms with Gasteiger partial charge in [0.2, 0.25) is 6.71 Å². The molecule has 238 valence electrons. The quantitative estimate of drug-likeness (QED) is 0.133. The van der Waals surface area contributed by atoms with E-state index >= 15 is 0 Å². The van der Waals surface area contributed by atoms with Crippen LogP contribution in [-0.4, -0.2) is 6.71 Å². The lowest BCUT2D eigenvalue weighted by Gasteiger charge is -2.35. The topological polar surface area (TPSA) is 0 Å². The van der Waals surface area contributed by atoms with Crippen LogP contribution >= 0.6 is 23.5 Å². The van der Waals surface area contributed by atoms with Crippen molar-refractivity contribution in [3.63, 3.8) is 0 Å². The lowest BCUT2D eigenvalue weighted by molar-refractivity contribution is 0.590. The standard InChI is InChI=1S/C46H39BS2/c1-45(2,3)30-20-22-38-36(26-30)47-37-27-31(46(4,5)6)21-23-39(37)49-41-25-29(24-40(48-38)44(41)47)43-34-18-12-10-16-32(34)42(28-14-8-7-9-15-28)33-17-11-13-19-35(33)43/h7-27H,1-6H3/i7D,8D,9D,14D,15D. The van der Waals surface area contributed by atoms with Crippen LogP contribution in [0.5, 0.6) is 0 Å². The Balaban J connectivity index is 1.34. The second-order valence-electron chi connectivity index (χ2n) is 15.4. The summed E-state index contributed by atoms with van der Waals surface area (Å²) in [6.07, 6.45) is 0. The van der Waals surface area contributed by atoms with Crippen LogP contribution in [0.3, 0.4) is 0 Å². The average Bonchev–Trinajstić information content (AvgIpc) is 3.14. The minimum Gasteiger partial charge on any atom is -0.0911 e. The van der Waals surface area contributed by atoms with Crippen LogP contribution in [-0.2, 0) is 10.8 Å². The van der Waals surface area contributed by atoms with Crippen molar-refractivity contribution >= 4 is 68.2 Å². The summed E-state index contributed by atoms with van der Waals surface area (Å²) in [4.78, 5) is 5.08. The molecule has 49 heavy (non-hydrogen) atoms. The molecular weight excluding hydrogens is 627 g/mol. The lowest BCUT2D eigenvalue weighted by atomic mass is 9.36. The number of hydrogen-bond acceptors (Lipinski definition) is 2. The first kappa shape index (κ1) is 25.7. The second-order valence-corrected chi connectivity index (χ2v) is 17.5. The van der Waals surface area contributed by atoms with Crippen LogP contribution in [0.25, 0.3) is 43.8 Å². The summed E-state index contributed by atoms with van der Waals surface area (Å²) in [7, 11) is 0. The number of benzene rings is 7. The maximum atomic E-state index is 8.96. The van der Waals surface area contributed by atoms with E-state index in [4.69, 9.17) is 6.85 Å². The third-order valence-corrected chi connectivity index (χ3v) is 12.5. The number of fused-ring (bicyclic) bond motifs is 6. The zero-order valence-corrected chi connectivity index (χ0v) is 30.3.